The Morgan fingerprint density at radius 1 is 1.38 bits per heavy atom. The maximum atomic E-state index is 4.31. The predicted molar refractivity (Wildman–Crippen MR) is 73.1 cm³/mol. The van der Waals surface area contributed by atoms with Gasteiger partial charge in [-0.3, -0.25) is 0 Å². The van der Waals surface area contributed by atoms with Crippen molar-refractivity contribution < 1.29 is 0 Å². The van der Waals surface area contributed by atoms with Crippen LogP contribution in [0.25, 0.3) is 0 Å². The van der Waals surface area contributed by atoms with Gasteiger partial charge >= 0.3 is 0 Å². The first-order chi connectivity index (χ1) is 7.66. The smallest absolute Gasteiger partial charge is 0.126 e. The van der Waals surface area contributed by atoms with Crippen LogP contribution >= 0.6 is 27.3 Å². The number of anilines is 1. The highest BCUT2D eigenvalue weighted by Gasteiger charge is 2.01. The zero-order valence-corrected chi connectivity index (χ0v) is 11.7. The molecule has 2 heterocycles. The van der Waals surface area contributed by atoms with Gasteiger partial charge in [-0.1, -0.05) is 0 Å². The number of halogens is 1. The third-order valence-corrected chi connectivity index (χ3v) is 4.30. The van der Waals surface area contributed by atoms with Crippen molar-refractivity contribution in [2.45, 2.75) is 20.4 Å². The molecule has 0 amide bonds. The zero-order valence-electron chi connectivity index (χ0n) is 9.25. The van der Waals surface area contributed by atoms with Gasteiger partial charge in [-0.2, -0.15) is 0 Å². The first-order valence-corrected chi connectivity index (χ1v) is 6.73. The van der Waals surface area contributed by atoms with Gasteiger partial charge in [0, 0.05) is 15.5 Å². The molecule has 0 spiro atoms. The van der Waals surface area contributed by atoms with Crippen molar-refractivity contribution in [2.75, 3.05) is 5.32 Å². The summed E-state index contributed by atoms with van der Waals surface area (Å²) in [5.74, 6) is 0.925. The first kappa shape index (κ1) is 11.6. The van der Waals surface area contributed by atoms with E-state index in [1.165, 1.54) is 16.0 Å². The third kappa shape index (κ3) is 2.62. The monoisotopic (exact) mass is 296 g/mol. The van der Waals surface area contributed by atoms with Crippen LogP contribution in [0.4, 0.5) is 5.82 Å². The largest absolute Gasteiger partial charge is 0.365 e. The predicted octanol–water partition coefficient (Wildman–Crippen LogP) is 4.13. The number of hydrogen-bond acceptors (Lipinski definition) is 3. The Labute approximate surface area is 108 Å². The number of aromatic nitrogens is 1. The quantitative estimate of drug-likeness (QED) is 0.921. The van der Waals surface area contributed by atoms with Crippen LogP contribution in [0, 0.1) is 13.8 Å². The van der Waals surface area contributed by atoms with Crippen molar-refractivity contribution >= 4 is 33.1 Å². The van der Waals surface area contributed by atoms with E-state index in [0.29, 0.717) is 0 Å². The Morgan fingerprint density at radius 2 is 2.19 bits per heavy atom. The van der Waals surface area contributed by atoms with Gasteiger partial charge in [0.2, 0.25) is 0 Å². The molecule has 2 rings (SSSR count). The van der Waals surface area contributed by atoms with Gasteiger partial charge < -0.3 is 5.32 Å². The minimum Gasteiger partial charge on any atom is -0.365 e. The van der Waals surface area contributed by atoms with E-state index in [-0.39, 0.29) is 0 Å². The molecule has 0 saturated heterocycles. The number of nitrogens with zero attached hydrogens (tertiary/aromatic N) is 1. The lowest BCUT2D eigenvalue weighted by molar-refractivity contribution is 1.11. The Balaban J connectivity index is 2.05. The average Bonchev–Trinajstić information content (AvgIpc) is 2.66. The summed E-state index contributed by atoms with van der Waals surface area (Å²) in [6, 6.07) is 4.19. The fourth-order valence-corrected chi connectivity index (χ4v) is 2.45. The molecule has 0 aliphatic heterocycles. The molecule has 0 aliphatic carbocycles. The van der Waals surface area contributed by atoms with Crippen LogP contribution in [0.5, 0.6) is 0 Å². The third-order valence-electron chi connectivity index (χ3n) is 2.45. The van der Waals surface area contributed by atoms with Gasteiger partial charge in [0.25, 0.3) is 0 Å². The lowest BCUT2D eigenvalue weighted by atomic mass is 10.3. The molecule has 4 heteroatoms. The van der Waals surface area contributed by atoms with Crippen molar-refractivity contribution in [1.82, 2.24) is 4.98 Å². The Hall–Kier alpha value is -0.870. The zero-order chi connectivity index (χ0) is 11.5. The summed E-state index contributed by atoms with van der Waals surface area (Å²) in [7, 11) is 0. The summed E-state index contributed by atoms with van der Waals surface area (Å²) in [5, 5.41) is 5.45. The Morgan fingerprint density at radius 3 is 2.81 bits per heavy atom. The van der Waals surface area contributed by atoms with E-state index in [1.54, 1.807) is 11.3 Å². The second-order valence-electron chi connectivity index (χ2n) is 3.70. The summed E-state index contributed by atoms with van der Waals surface area (Å²) < 4.78 is 1.05. The Kier molecular flexibility index (Phi) is 3.61. The number of rotatable bonds is 3. The highest BCUT2D eigenvalue weighted by molar-refractivity contribution is 9.10. The van der Waals surface area contributed by atoms with Gasteiger partial charge in [0.05, 0.1) is 6.54 Å². The van der Waals surface area contributed by atoms with Crippen molar-refractivity contribution in [3.63, 3.8) is 0 Å². The number of thiophene rings is 1. The molecule has 0 fully saturated rings. The molecule has 84 valence electrons. The van der Waals surface area contributed by atoms with Crippen LogP contribution in [0.15, 0.2) is 28.2 Å². The standard InChI is InChI=1S/C12H13BrN2S/c1-8-3-4-16-11(8)7-15-12-5-9(2)10(13)6-14-12/h3-6H,7H2,1-2H3,(H,14,15). The second kappa shape index (κ2) is 4.97. The van der Waals surface area contributed by atoms with E-state index in [9.17, 15) is 0 Å². The normalized spacial score (nSPS) is 10.4. The molecule has 16 heavy (non-hydrogen) atoms. The van der Waals surface area contributed by atoms with Gasteiger partial charge in [0.15, 0.2) is 0 Å². The summed E-state index contributed by atoms with van der Waals surface area (Å²) in [6.07, 6.45) is 1.83. The SMILES string of the molecule is Cc1cc(NCc2sccc2C)ncc1Br. The molecule has 0 atom stereocenters. The summed E-state index contributed by atoms with van der Waals surface area (Å²) in [6.45, 7) is 5.04. The van der Waals surface area contributed by atoms with E-state index in [4.69, 9.17) is 0 Å². The second-order valence-corrected chi connectivity index (χ2v) is 5.55. The highest BCUT2D eigenvalue weighted by atomic mass is 79.9. The van der Waals surface area contributed by atoms with Crippen LogP contribution in [0.3, 0.4) is 0 Å². The van der Waals surface area contributed by atoms with Crippen LogP contribution in [-0.2, 0) is 6.54 Å². The summed E-state index contributed by atoms with van der Waals surface area (Å²) in [5.41, 5.74) is 2.53. The van der Waals surface area contributed by atoms with Crippen molar-refractivity contribution in [1.29, 1.82) is 0 Å². The van der Waals surface area contributed by atoms with Crippen molar-refractivity contribution in [3.8, 4) is 0 Å². The molecule has 0 aromatic carbocycles. The minimum absolute atomic E-state index is 0.845. The minimum atomic E-state index is 0.845. The lowest BCUT2D eigenvalue weighted by Crippen LogP contribution is -2.01. The van der Waals surface area contributed by atoms with Crippen LogP contribution in [0.1, 0.15) is 16.0 Å². The molecule has 2 nitrogen and oxygen atoms in total. The highest BCUT2D eigenvalue weighted by Crippen LogP contribution is 2.20. The summed E-state index contributed by atoms with van der Waals surface area (Å²) >= 11 is 5.22. The van der Waals surface area contributed by atoms with E-state index in [2.05, 4.69) is 51.5 Å². The number of hydrogen-bond donors (Lipinski definition) is 1. The Bertz CT molecular complexity index is 494. The van der Waals surface area contributed by atoms with Gasteiger partial charge in [0.1, 0.15) is 5.82 Å². The molecular formula is C12H13BrN2S. The fourth-order valence-electron chi connectivity index (χ4n) is 1.39. The fraction of sp³-hybridized carbons (Fsp3) is 0.250. The van der Waals surface area contributed by atoms with Crippen molar-refractivity contribution in [2.24, 2.45) is 0 Å². The van der Waals surface area contributed by atoms with Crippen LogP contribution < -0.4 is 5.32 Å². The van der Waals surface area contributed by atoms with Gasteiger partial charge in [-0.15, -0.1) is 11.3 Å². The van der Waals surface area contributed by atoms with Gasteiger partial charge in [-0.25, -0.2) is 4.98 Å². The molecule has 2 aromatic heterocycles. The molecule has 0 unspecified atom stereocenters. The van der Waals surface area contributed by atoms with E-state index in [1.807, 2.05) is 12.3 Å². The molecule has 1 N–H and O–H groups in total. The van der Waals surface area contributed by atoms with Gasteiger partial charge in [-0.05, 0) is 58.4 Å². The molecule has 0 radical (unpaired) electrons. The topological polar surface area (TPSA) is 24.9 Å². The molecule has 0 bridgehead atoms. The number of aryl methyl sites for hydroxylation is 2. The maximum Gasteiger partial charge on any atom is 0.126 e. The van der Waals surface area contributed by atoms with E-state index < -0.39 is 0 Å². The number of nitrogens with one attached hydrogen (secondary N) is 1. The lowest BCUT2D eigenvalue weighted by Gasteiger charge is -2.06. The van der Waals surface area contributed by atoms with Crippen LogP contribution in [0.2, 0.25) is 0 Å². The molecule has 0 aliphatic rings. The van der Waals surface area contributed by atoms with E-state index >= 15 is 0 Å². The maximum absolute atomic E-state index is 4.31. The summed E-state index contributed by atoms with van der Waals surface area (Å²) in [4.78, 5) is 5.68. The first-order valence-electron chi connectivity index (χ1n) is 5.06. The molecular weight excluding hydrogens is 284 g/mol. The number of pyridine rings is 1. The van der Waals surface area contributed by atoms with E-state index in [0.717, 1.165) is 16.8 Å². The molecule has 0 saturated carbocycles. The average molecular weight is 297 g/mol. The molecule has 2 aromatic rings. The van der Waals surface area contributed by atoms with Crippen LogP contribution in [-0.4, -0.2) is 4.98 Å². The van der Waals surface area contributed by atoms with Crippen molar-refractivity contribution in [3.05, 3.63) is 44.2 Å².